The maximum absolute atomic E-state index is 12.1. The van der Waals surface area contributed by atoms with E-state index in [2.05, 4.69) is 23.3 Å². The van der Waals surface area contributed by atoms with Gasteiger partial charge in [-0.3, -0.25) is 14.4 Å². The molecule has 0 saturated heterocycles. The highest BCUT2D eigenvalue weighted by Crippen LogP contribution is 2.03. The molecule has 0 saturated carbocycles. The summed E-state index contributed by atoms with van der Waals surface area (Å²) in [4.78, 5) is 45.8. The highest BCUT2D eigenvalue weighted by atomic mass is 32.2. The van der Waals surface area contributed by atoms with E-state index in [9.17, 15) is 19.2 Å². The van der Waals surface area contributed by atoms with Crippen LogP contribution in [0.4, 0.5) is 0 Å². The summed E-state index contributed by atoms with van der Waals surface area (Å²) in [6.45, 7) is 0. The van der Waals surface area contributed by atoms with Gasteiger partial charge in [-0.1, -0.05) is 0 Å². The molecule has 3 atom stereocenters. The Kier molecular flexibility index (Phi) is 11.3. The molecule has 2 amide bonds. The number of hydrogen-bond acceptors (Lipinski definition) is 7. The van der Waals surface area contributed by atoms with E-state index < -0.39 is 41.9 Å². The standard InChI is InChI=1S/C13H23N3O6S2/c1-24-5-4-7(14)11(19)15-8(2-3-10(17)18)12(20)16-9(6-23)13(21)22/h7-9,23H,2-6,14H2,1H3,(H,15,19)(H,16,20)(H,17,18)(H,21,22). The third-order valence-corrected chi connectivity index (χ3v) is 4.06. The highest BCUT2D eigenvalue weighted by Gasteiger charge is 2.27. The van der Waals surface area contributed by atoms with E-state index in [0.29, 0.717) is 12.2 Å². The van der Waals surface area contributed by atoms with Crippen molar-refractivity contribution >= 4 is 48.1 Å². The van der Waals surface area contributed by atoms with Crippen molar-refractivity contribution in [3.8, 4) is 0 Å². The Hall–Kier alpha value is -1.46. The van der Waals surface area contributed by atoms with Gasteiger partial charge in [-0.15, -0.1) is 0 Å². The summed E-state index contributed by atoms with van der Waals surface area (Å²) in [7, 11) is 0. The number of thioether (sulfide) groups is 1. The minimum Gasteiger partial charge on any atom is -0.481 e. The lowest BCUT2D eigenvalue weighted by Crippen LogP contribution is -2.55. The van der Waals surface area contributed by atoms with Crippen LogP contribution in [0, 0.1) is 0 Å². The number of nitrogens with two attached hydrogens (primary N) is 1. The summed E-state index contributed by atoms with van der Waals surface area (Å²) in [5.74, 6) is -3.29. The van der Waals surface area contributed by atoms with Gasteiger partial charge in [0, 0.05) is 12.2 Å². The lowest BCUT2D eigenvalue weighted by Gasteiger charge is -2.22. The zero-order valence-electron chi connectivity index (χ0n) is 13.2. The molecule has 3 unspecified atom stereocenters. The molecule has 0 aromatic rings. The normalized spacial score (nSPS) is 14.3. The summed E-state index contributed by atoms with van der Waals surface area (Å²) in [5, 5.41) is 22.3. The number of hydrogen-bond donors (Lipinski definition) is 6. The summed E-state index contributed by atoms with van der Waals surface area (Å²) < 4.78 is 0. The van der Waals surface area contributed by atoms with Crippen LogP contribution in [0.2, 0.25) is 0 Å². The van der Waals surface area contributed by atoms with E-state index in [4.69, 9.17) is 15.9 Å². The van der Waals surface area contributed by atoms with Gasteiger partial charge in [0.2, 0.25) is 11.8 Å². The maximum Gasteiger partial charge on any atom is 0.327 e. The van der Waals surface area contributed by atoms with Crippen molar-refractivity contribution in [1.82, 2.24) is 10.6 Å². The number of thiol groups is 1. The number of carboxylic acid groups (broad SMARTS) is 2. The fourth-order valence-corrected chi connectivity index (χ4v) is 2.39. The number of carbonyl (C=O) groups excluding carboxylic acids is 2. The van der Waals surface area contributed by atoms with Crippen molar-refractivity contribution in [3.05, 3.63) is 0 Å². The third-order valence-electron chi connectivity index (χ3n) is 3.05. The Morgan fingerprint density at radius 1 is 1.08 bits per heavy atom. The Labute approximate surface area is 149 Å². The van der Waals surface area contributed by atoms with Gasteiger partial charge in [0.15, 0.2) is 0 Å². The van der Waals surface area contributed by atoms with E-state index >= 15 is 0 Å². The molecule has 0 fully saturated rings. The molecule has 6 N–H and O–H groups in total. The molecule has 0 aliphatic carbocycles. The third kappa shape index (κ3) is 8.99. The summed E-state index contributed by atoms with van der Waals surface area (Å²) in [6, 6.07) is -3.26. The van der Waals surface area contributed by atoms with Gasteiger partial charge in [0.1, 0.15) is 12.1 Å². The molecule has 0 heterocycles. The van der Waals surface area contributed by atoms with Gasteiger partial charge in [0.25, 0.3) is 0 Å². The summed E-state index contributed by atoms with van der Waals surface area (Å²) in [5.41, 5.74) is 5.70. The van der Waals surface area contributed by atoms with Crippen LogP contribution in [-0.4, -0.2) is 69.9 Å². The van der Waals surface area contributed by atoms with Crippen molar-refractivity contribution in [2.45, 2.75) is 37.4 Å². The molecule has 24 heavy (non-hydrogen) atoms. The second-order valence-corrected chi connectivity index (χ2v) is 6.31. The summed E-state index contributed by atoms with van der Waals surface area (Å²) >= 11 is 5.34. The van der Waals surface area contributed by atoms with E-state index in [1.165, 1.54) is 11.8 Å². The molecule has 9 nitrogen and oxygen atoms in total. The molecule has 11 heteroatoms. The number of amides is 2. The quantitative estimate of drug-likeness (QED) is 0.233. The van der Waals surface area contributed by atoms with E-state index in [1.54, 1.807) is 0 Å². The SMILES string of the molecule is CSCCC(N)C(=O)NC(CCC(=O)O)C(=O)NC(CS)C(=O)O. The molecule has 0 radical (unpaired) electrons. The number of aliphatic carboxylic acids is 2. The molecule has 0 aliphatic rings. The molecule has 0 aliphatic heterocycles. The van der Waals surface area contributed by atoms with Crippen LogP contribution in [0.3, 0.4) is 0 Å². The van der Waals surface area contributed by atoms with Crippen LogP contribution in [-0.2, 0) is 19.2 Å². The predicted octanol–water partition coefficient (Wildman–Crippen LogP) is -1.08. The van der Waals surface area contributed by atoms with Crippen molar-refractivity contribution in [1.29, 1.82) is 0 Å². The lowest BCUT2D eigenvalue weighted by atomic mass is 10.1. The number of carboxylic acids is 2. The molecule has 0 spiro atoms. The molecular formula is C13H23N3O6S2. The lowest BCUT2D eigenvalue weighted by molar-refractivity contribution is -0.142. The Morgan fingerprint density at radius 3 is 2.12 bits per heavy atom. The highest BCUT2D eigenvalue weighted by molar-refractivity contribution is 7.98. The summed E-state index contributed by atoms with van der Waals surface area (Å²) in [6.07, 6.45) is 1.71. The van der Waals surface area contributed by atoms with E-state index in [-0.39, 0.29) is 18.6 Å². The van der Waals surface area contributed by atoms with Crippen LogP contribution in [0.25, 0.3) is 0 Å². The predicted molar refractivity (Wildman–Crippen MR) is 93.2 cm³/mol. The van der Waals surface area contributed by atoms with Crippen LogP contribution < -0.4 is 16.4 Å². The van der Waals surface area contributed by atoms with Gasteiger partial charge in [-0.2, -0.15) is 24.4 Å². The van der Waals surface area contributed by atoms with Gasteiger partial charge in [-0.05, 0) is 24.9 Å². The van der Waals surface area contributed by atoms with Crippen LogP contribution >= 0.6 is 24.4 Å². The molecule has 0 aromatic carbocycles. The topological polar surface area (TPSA) is 159 Å². The molecule has 0 bridgehead atoms. The first-order chi connectivity index (χ1) is 11.2. The second-order valence-electron chi connectivity index (χ2n) is 4.96. The Bertz CT molecular complexity index is 463. The Morgan fingerprint density at radius 2 is 1.67 bits per heavy atom. The monoisotopic (exact) mass is 381 g/mol. The van der Waals surface area contributed by atoms with Crippen LogP contribution in [0.15, 0.2) is 0 Å². The average Bonchev–Trinajstić information content (AvgIpc) is 2.52. The second kappa shape index (κ2) is 12.0. The molecular weight excluding hydrogens is 358 g/mol. The van der Waals surface area contributed by atoms with Crippen LogP contribution in [0.1, 0.15) is 19.3 Å². The smallest absolute Gasteiger partial charge is 0.327 e. The number of nitrogens with one attached hydrogen (secondary N) is 2. The minimum atomic E-state index is -1.28. The number of rotatable bonds is 12. The van der Waals surface area contributed by atoms with Crippen molar-refractivity contribution in [2.75, 3.05) is 17.8 Å². The minimum absolute atomic E-state index is 0.145. The fourth-order valence-electron chi connectivity index (χ4n) is 1.65. The molecule has 138 valence electrons. The van der Waals surface area contributed by atoms with Crippen molar-refractivity contribution in [2.24, 2.45) is 5.73 Å². The fraction of sp³-hybridized carbons (Fsp3) is 0.692. The zero-order chi connectivity index (χ0) is 18.7. The first-order valence-electron chi connectivity index (χ1n) is 7.13. The van der Waals surface area contributed by atoms with E-state index in [1.807, 2.05) is 6.26 Å². The van der Waals surface area contributed by atoms with Gasteiger partial charge < -0.3 is 26.6 Å². The van der Waals surface area contributed by atoms with E-state index in [0.717, 1.165) is 0 Å². The Balaban J connectivity index is 4.89. The van der Waals surface area contributed by atoms with Crippen molar-refractivity contribution < 1.29 is 29.4 Å². The number of carbonyl (C=O) groups is 4. The maximum atomic E-state index is 12.1. The zero-order valence-corrected chi connectivity index (χ0v) is 14.9. The molecule has 0 rings (SSSR count). The first-order valence-corrected chi connectivity index (χ1v) is 9.16. The van der Waals surface area contributed by atoms with Gasteiger partial charge in [0.05, 0.1) is 6.04 Å². The van der Waals surface area contributed by atoms with Crippen LogP contribution in [0.5, 0.6) is 0 Å². The average molecular weight is 381 g/mol. The van der Waals surface area contributed by atoms with Gasteiger partial charge >= 0.3 is 11.9 Å². The largest absolute Gasteiger partial charge is 0.481 e. The molecule has 0 aromatic heterocycles. The van der Waals surface area contributed by atoms with Crippen molar-refractivity contribution in [3.63, 3.8) is 0 Å². The first kappa shape index (κ1) is 22.5. The van der Waals surface area contributed by atoms with Gasteiger partial charge in [-0.25, -0.2) is 4.79 Å².